The summed E-state index contributed by atoms with van der Waals surface area (Å²) in [4.78, 5) is 0. The molecule has 0 fully saturated rings. The standard InChI is InChI=1S/C11H25NO2/c1-5-7-13-8-9-14-11(3,6-2)10-12-4/h12H,5-10H2,1-4H3. The normalized spacial score (nSPS) is 15.4. The van der Waals surface area contributed by atoms with Gasteiger partial charge in [-0.25, -0.2) is 0 Å². The van der Waals surface area contributed by atoms with Crippen LogP contribution in [0.2, 0.25) is 0 Å². The fourth-order valence-electron chi connectivity index (χ4n) is 1.25. The number of rotatable bonds is 9. The molecular weight excluding hydrogens is 178 g/mol. The van der Waals surface area contributed by atoms with Crippen molar-refractivity contribution in [1.82, 2.24) is 5.32 Å². The van der Waals surface area contributed by atoms with E-state index in [-0.39, 0.29) is 5.60 Å². The molecule has 0 heterocycles. The number of hydrogen-bond donors (Lipinski definition) is 1. The Labute approximate surface area is 88.2 Å². The summed E-state index contributed by atoms with van der Waals surface area (Å²) in [6.07, 6.45) is 2.09. The first-order valence-corrected chi connectivity index (χ1v) is 5.55. The Morgan fingerprint density at radius 3 is 2.36 bits per heavy atom. The highest BCUT2D eigenvalue weighted by molar-refractivity contribution is 4.75. The van der Waals surface area contributed by atoms with Gasteiger partial charge in [0.2, 0.25) is 0 Å². The van der Waals surface area contributed by atoms with Gasteiger partial charge in [-0.3, -0.25) is 0 Å². The van der Waals surface area contributed by atoms with E-state index in [1.165, 1.54) is 0 Å². The van der Waals surface area contributed by atoms with Gasteiger partial charge in [0, 0.05) is 13.2 Å². The first kappa shape index (κ1) is 13.9. The molecule has 1 atom stereocenters. The first-order chi connectivity index (χ1) is 6.68. The second kappa shape index (κ2) is 8.21. The molecule has 86 valence electrons. The molecule has 0 amide bonds. The van der Waals surface area contributed by atoms with E-state index in [0.717, 1.165) is 26.0 Å². The topological polar surface area (TPSA) is 30.5 Å². The maximum Gasteiger partial charge on any atom is 0.0776 e. The third-order valence-corrected chi connectivity index (χ3v) is 2.33. The van der Waals surface area contributed by atoms with Crippen molar-refractivity contribution in [1.29, 1.82) is 0 Å². The molecule has 0 saturated heterocycles. The second-order valence-corrected chi connectivity index (χ2v) is 3.79. The molecule has 3 nitrogen and oxygen atoms in total. The van der Waals surface area contributed by atoms with E-state index in [1.807, 2.05) is 7.05 Å². The average molecular weight is 203 g/mol. The van der Waals surface area contributed by atoms with Gasteiger partial charge in [0.25, 0.3) is 0 Å². The van der Waals surface area contributed by atoms with Gasteiger partial charge in [-0.2, -0.15) is 0 Å². The minimum atomic E-state index is -0.0513. The van der Waals surface area contributed by atoms with Crippen LogP contribution in [0.25, 0.3) is 0 Å². The zero-order valence-corrected chi connectivity index (χ0v) is 10.1. The Morgan fingerprint density at radius 2 is 1.86 bits per heavy atom. The minimum absolute atomic E-state index is 0.0513. The van der Waals surface area contributed by atoms with Gasteiger partial charge in [-0.1, -0.05) is 13.8 Å². The lowest BCUT2D eigenvalue weighted by atomic mass is 10.0. The fourth-order valence-corrected chi connectivity index (χ4v) is 1.25. The van der Waals surface area contributed by atoms with Crippen molar-refractivity contribution in [2.24, 2.45) is 0 Å². The van der Waals surface area contributed by atoms with E-state index >= 15 is 0 Å². The summed E-state index contributed by atoms with van der Waals surface area (Å²) in [5, 5.41) is 3.15. The number of hydrogen-bond acceptors (Lipinski definition) is 3. The Kier molecular flexibility index (Phi) is 8.14. The predicted molar refractivity (Wildman–Crippen MR) is 59.7 cm³/mol. The van der Waals surface area contributed by atoms with Crippen LogP contribution >= 0.6 is 0 Å². The van der Waals surface area contributed by atoms with Gasteiger partial charge in [0.1, 0.15) is 0 Å². The zero-order valence-electron chi connectivity index (χ0n) is 10.1. The van der Waals surface area contributed by atoms with Gasteiger partial charge >= 0.3 is 0 Å². The molecule has 0 radical (unpaired) electrons. The summed E-state index contributed by atoms with van der Waals surface area (Å²) in [6.45, 7) is 9.49. The smallest absolute Gasteiger partial charge is 0.0776 e. The second-order valence-electron chi connectivity index (χ2n) is 3.79. The number of ether oxygens (including phenoxy) is 2. The molecule has 0 saturated carbocycles. The molecule has 0 aliphatic carbocycles. The molecule has 0 bridgehead atoms. The van der Waals surface area contributed by atoms with Crippen molar-refractivity contribution >= 4 is 0 Å². The third kappa shape index (κ3) is 6.35. The van der Waals surface area contributed by atoms with Crippen molar-refractivity contribution in [3.05, 3.63) is 0 Å². The quantitative estimate of drug-likeness (QED) is 0.580. The van der Waals surface area contributed by atoms with Crippen LogP contribution in [0.3, 0.4) is 0 Å². The van der Waals surface area contributed by atoms with Gasteiger partial charge in [-0.05, 0) is 26.8 Å². The highest BCUT2D eigenvalue weighted by Gasteiger charge is 2.21. The third-order valence-electron chi connectivity index (χ3n) is 2.33. The fraction of sp³-hybridized carbons (Fsp3) is 1.00. The van der Waals surface area contributed by atoms with Crippen LogP contribution in [0.5, 0.6) is 0 Å². The highest BCUT2D eigenvalue weighted by atomic mass is 16.5. The Morgan fingerprint density at radius 1 is 1.14 bits per heavy atom. The van der Waals surface area contributed by atoms with E-state index < -0.39 is 0 Å². The van der Waals surface area contributed by atoms with Crippen molar-refractivity contribution in [3.63, 3.8) is 0 Å². The first-order valence-electron chi connectivity index (χ1n) is 5.55. The minimum Gasteiger partial charge on any atom is -0.379 e. The lowest BCUT2D eigenvalue weighted by Crippen LogP contribution is -2.39. The lowest BCUT2D eigenvalue weighted by Gasteiger charge is -2.28. The van der Waals surface area contributed by atoms with Crippen LogP contribution in [0.4, 0.5) is 0 Å². The van der Waals surface area contributed by atoms with Gasteiger partial charge in [-0.15, -0.1) is 0 Å². The molecule has 1 N–H and O–H groups in total. The SMILES string of the molecule is CCCOCCOC(C)(CC)CNC. The van der Waals surface area contributed by atoms with E-state index in [4.69, 9.17) is 9.47 Å². The Hall–Kier alpha value is -0.120. The average Bonchev–Trinajstić information content (AvgIpc) is 2.18. The van der Waals surface area contributed by atoms with Gasteiger partial charge in [0.15, 0.2) is 0 Å². The van der Waals surface area contributed by atoms with Crippen molar-refractivity contribution in [2.75, 3.05) is 33.4 Å². The number of likely N-dealkylation sites (N-methyl/N-ethyl adjacent to an activating group) is 1. The monoisotopic (exact) mass is 203 g/mol. The zero-order chi connectivity index (χ0) is 10.9. The summed E-state index contributed by atoms with van der Waals surface area (Å²) < 4.78 is 11.1. The van der Waals surface area contributed by atoms with Crippen LogP contribution < -0.4 is 5.32 Å². The molecule has 0 aliphatic rings. The molecule has 0 aromatic heterocycles. The molecule has 1 unspecified atom stereocenters. The summed E-state index contributed by atoms with van der Waals surface area (Å²) in [6, 6.07) is 0. The summed E-state index contributed by atoms with van der Waals surface area (Å²) >= 11 is 0. The lowest BCUT2D eigenvalue weighted by molar-refractivity contribution is -0.0566. The molecule has 3 heteroatoms. The van der Waals surface area contributed by atoms with Crippen molar-refractivity contribution < 1.29 is 9.47 Å². The summed E-state index contributed by atoms with van der Waals surface area (Å²) in [7, 11) is 1.95. The van der Waals surface area contributed by atoms with Crippen LogP contribution in [0.15, 0.2) is 0 Å². The molecular formula is C11H25NO2. The Balaban J connectivity index is 3.51. The van der Waals surface area contributed by atoms with Gasteiger partial charge < -0.3 is 14.8 Å². The molecule has 0 aromatic carbocycles. The Bertz CT molecular complexity index is 130. The molecule has 0 aliphatic heterocycles. The maximum atomic E-state index is 5.78. The highest BCUT2D eigenvalue weighted by Crippen LogP contribution is 2.13. The molecule has 0 aromatic rings. The van der Waals surface area contributed by atoms with E-state index in [0.29, 0.717) is 13.2 Å². The van der Waals surface area contributed by atoms with Crippen molar-refractivity contribution in [2.45, 2.75) is 39.2 Å². The largest absolute Gasteiger partial charge is 0.379 e. The van der Waals surface area contributed by atoms with Crippen LogP contribution in [-0.2, 0) is 9.47 Å². The van der Waals surface area contributed by atoms with E-state index in [1.54, 1.807) is 0 Å². The van der Waals surface area contributed by atoms with Crippen LogP contribution in [0, 0.1) is 0 Å². The molecule has 0 spiro atoms. The number of nitrogens with one attached hydrogen (secondary N) is 1. The molecule has 14 heavy (non-hydrogen) atoms. The van der Waals surface area contributed by atoms with Crippen molar-refractivity contribution in [3.8, 4) is 0 Å². The van der Waals surface area contributed by atoms with E-state index in [9.17, 15) is 0 Å². The summed E-state index contributed by atoms with van der Waals surface area (Å²) in [5.41, 5.74) is -0.0513. The molecule has 0 rings (SSSR count). The van der Waals surface area contributed by atoms with Crippen LogP contribution in [0.1, 0.15) is 33.6 Å². The predicted octanol–water partition coefficient (Wildman–Crippen LogP) is 1.82. The maximum absolute atomic E-state index is 5.78. The summed E-state index contributed by atoms with van der Waals surface area (Å²) in [5.74, 6) is 0. The van der Waals surface area contributed by atoms with E-state index in [2.05, 4.69) is 26.1 Å². The van der Waals surface area contributed by atoms with Crippen LogP contribution in [-0.4, -0.2) is 39.0 Å². The van der Waals surface area contributed by atoms with Gasteiger partial charge in [0.05, 0.1) is 18.8 Å².